The summed E-state index contributed by atoms with van der Waals surface area (Å²) in [5.41, 5.74) is 1.26. The van der Waals surface area contributed by atoms with Crippen molar-refractivity contribution in [3.63, 3.8) is 0 Å². The molecule has 1 aromatic carbocycles. The van der Waals surface area contributed by atoms with E-state index in [-0.39, 0.29) is 11.1 Å². The first kappa shape index (κ1) is 12.6. The van der Waals surface area contributed by atoms with Gasteiger partial charge in [0.05, 0.1) is 16.8 Å². The third kappa shape index (κ3) is 2.02. The van der Waals surface area contributed by atoms with E-state index in [4.69, 9.17) is 11.6 Å². The van der Waals surface area contributed by atoms with Crippen LogP contribution in [0.2, 0.25) is 5.02 Å². The number of pyridine rings is 1. The van der Waals surface area contributed by atoms with Crippen LogP contribution in [0.25, 0.3) is 22.0 Å². The molecule has 0 aliphatic heterocycles. The summed E-state index contributed by atoms with van der Waals surface area (Å²) in [5, 5.41) is 7.89. The van der Waals surface area contributed by atoms with Gasteiger partial charge in [0.25, 0.3) is 5.56 Å². The molecule has 3 rings (SSSR count). The molecule has 0 radical (unpaired) electrons. The zero-order chi connectivity index (χ0) is 14.3. The minimum atomic E-state index is -0.382. The van der Waals surface area contributed by atoms with Crippen LogP contribution >= 0.6 is 11.6 Å². The number of hydrogen-bond donors (Lipinski definition) is 2. The summed E-state index contributed by atoms with van der Waals surface area (Å²) in [6.07, 6.45) is 0. The highest BCUT2D eigenvalue weighted by atomic mass is 35.5. The maximum Gasteiger partial charge on any atom is 0.272 e. The molecule has 0 saturated heterocycles. The Morgan fingerprint density at radius 1 is 1.15 bits per heavy atom. The van der Waals surface area contributed by atoms with Crippen molar-refractivity contribution < 1.29 is 0 Å². The van der Waals surface area contributed by atoms with E-state index in [1.165, 1.54) is 6.07 Å². The highest BCUT2D eigenvalue weighted by molar-refractivity contribution is 6.30. The van der Waals surface area contributed by atoms with Gasteiger partial charge in [-0.05, 0) is 24.6 Å². The Kier molecular flexibility index (Phi) is 2.91. The number of H-pyrrole nitrogens is 2. The number of rotatable bonds is 1. The van der Waals surface area contributed by atoms with Gasteiger partial charge in [-0.15, -0.1) is 0 Å². The molecule has 2 heterocycles. The molecule has 0 bridgehead atoms. The highest BCUT2D eigenvalue weighted by Gasteiger charge is 2.11. The third-order valence-corrected chi connectivity index (χ3v) is 3.36. The van der Waals surface area contributed by atoms with E-state index >= 15 is 0 Å². The highest BCUT2D eigenvalue weighted by Crippen LogP contribution is 2.26. The number of aromatic nitrogens is 3. The van der Waals surface area contributed by atoms with Gasteiger partial charge in [0.15, 0.2) is 0 Å². The minimum Gasteiger partial charge on any atom is -0.321 e. The first-order valence-electron chi connectivity index (χ1n) is 5.94. The molecule has 0 aliphatic carbocycles. The van der Waals surface area contributed by atoms with E-state index in [1.807, 2.05) is 0 Å². The number of benzene rings is 1. The number of nitrogens with one attached hydrogen (secondary N) is 2. The lowest BCUT2D eigenvalue weighted by molar-refractivity contribution is 0.967. The minimum absolute atomic E-state index is 0.325. The van der Waals surface area contributed by atoms with Crippen molar-refractivity contribution in [3.05, 3.63) is 61.8 Å². The van der Waals surface area contributed by atoms with Crippen LogP contribution in [-0.2, 0) is 0 Å². The SMILES string of the molecule is Cc1n[nH]c(=O)c2cc(=O)[nH]c(-c3ccc(Cl)cc3)c12. The van der Waals surface area contributed by atoms with Gasteiger partial charge in [-0.25, -0.2) is 5.10 Å². The van der Waals surface area contributed by atoms with E-state index in [9.17, 15) is 9.59 Å². The van der Waals surface area contributed by atoms with Crippen molar-refractivity contribution in [3.8, 4) is 11.3 Å². The summed E-state index contributed by atoms with van der Waals surface area (Å²) in [6, 6.07) is 8.30. The third-order valence-electron chi connectivity index (χ3n) is 3.11. The number of hydrogen-bond acceptors (Lipinski definition) is 3. The number of fused-ring (bicyclic) bond motifs is 1. The molecule has 3 aromatic rings. The fourth-order valence-electron chi connectivity index (χ4n) is 2.20. The predicted molar refractivity (Wildman–Crippen MR) is 78.2 cm³/mol. The van der Waals surface area contributed by atoms with Gasteiger partial charge in [-0.1, -0.05) is 23.7 Å². The first-order valence-corrected chi connectivity index (χ1v) is 6.32. The lowest BCUT2D eigenvalue weighted by atomic mass is 10.0. The van der Waals surface area contributed by atoms with Gasteiger partial charge in [0.2, 0.25) is 5.56 Å². The number of aryl methyl sites for hydroxylation is 1. The molecule has 0 aliphatic rings. The van der Waals surface area contributed by atoms with Crippen molar-refractivity contribution in [1.29, 1.82) is 0 Å². The second-order valence-corrected chi connectivity index (χ2v) is 4.88. The van der Waals surface area contributed by atoms with E-state index in [0.717, 1.165) is 5.56 Å². The average Bonchev–Trinajstić information content (AvgIpc) is 2.43. The Hall–Kier alpha value is -2.40. The Bertz CT molecular complexity index is 910. The van der Waals surface area contributed by atoms with Crippen LogP contribution in [0.5, 0.6) is 0 Å². The summed E-state index contributed by atoms with van der Waals surface area (Å²) in [4.78, 5) is 26.3. The van der Waals surface area contributed by atoms with Crippen molar-refractivity contribution in [2.45, 2.75) is 6.92 Å². The van der Waals surface area contributed by atoms with Crippen LogP contribution in [0.15, 0.2) is 39.9 Å². The second kappa shape index (κ2) is 4.61. The van der Waals surface area contributed by atoms with Crippen molar-refractivity contribution in [1.82, 2.24) is 15.2 Å². The molecule has 5 nitrogen and oxygen atoms in total. The lowest BCUT2D eigenvalue weighted by Gasteiger charge is -2.08. The summed E-state index contributed by atoms with van der Waals surface area (Å²) in [5.74, 6) is 0. The number of nitrogens with zero attached hydrogens (tertiary/aromatic N) is 1. The van der Waals surface area contributed by atoms with Gasteiger partial charge in [-0.2, -0.15) is 5.10 Å². The average molecular weight is 288 g/mol. The lowest BCUT2D eigenvalue weighted by Crippen LogP contribution is -2.15. The smallest absolute Gasteiger partial charge is 0.272 e. The summed E-state index contributed by atoms with van der Waals surface area (Å²) < 4.78 is 0. The first-order chi connectivity index (χ1) is 9.56. The fraction of sp³-hybridized carbons (Fsp3) is 0.0714. The Morgan fingerprint density at radius 2 is 1.85 bits per heavy atom. The van der Waals surface area contributed by atoms with Crippen LogP contribution in [0, 0.1) is 6.92 Å². The van der Waals surface area contributed by atoms with Crippen LogP contribution in [0.3, 0.4) is 0 Å². The van der Waals surface area contributed by atoms with Crippen LogP contribution in [0.1, 0.15) is 5.69 Å². The number of aromatic amines is 2. The molecule has 0 amide bonds. The van der Waals surface area contributed by atoms with E-state index in [2.05, 4.69) is 15.2 Å². The topological polar surface area (TPSA) is 78.6 Å². The largest absolute Gasteiger partial charge is 0.321 e. The van der Waals surface area contributed by atoms with Crippen LogP contribution < -0.4 is 11.1 Å². The molecule has 0 unspecified atom stereocenters. The molecule has 100 valence electrons. The standard InChI is InChI=1S/C14H10ClN3O2/c1-7-12-10(14(20)18-17-7)6-11(19)16-13(12)8-2-4-9(15)5-3-8/h2-6H,1H3,(H,16,19)(H,18,20). The monoisotopic (exact) mass is 287 g/mol. The second-order valence-electron chi connectivity index (χ2n) is 4.44. The predicted octanol–water partition coefficient (Wildman–Crippen LogP) is 2.24. The fourth-order valence-corrected chi connectivity index (χ4v) is 2.32. The van der Waals surface area contributed by atoms with Gasteiger partial charge in [-0.3, -0.25) is 9.59 Å². The van der Waals surface area contributed by atoms with Gasteiger partial charge in [0.1, 0.15) is 0 Å². The molecule has 0 atom stereocenters. The maximum atomic E-state index is 11.8. The molecular formula is C14H10ClN3O2. The Morgan fingerprint density at radius 3 is 2.55 bits per heavy atom. The Balaban J connectivity index is 2.47. The maximum absolute atomic E-state index is 11.8. The summed E-state index contributed by atoms with van der Waals surface area (Å²) >= 11 is 5.87. The molecule has 6 heteroatoms. The molecule has 0 spiro atoms. The quantitative estimate of drug-likeness (QED) is 0.720. The molecule has 0 fully saturated rings. The zero-order valence-corrected chi connectivity index (χ0v) is 11.3. The van der Waals surface area contributed by atoms with E-state index in [0.29, 0.717) is 27.2 Å². The van der Waals surface area contributed by atoms with Crippen molar-refractivity contribution >= 4 is 22.4 Å². The normalized spacial score (nSPS) is 10.9. The Labute approximate surface area is 118 Å². The van der Waals surface area contributed by atoms with Crippen molar-refractivity contribution in [2.75, 3.05) is 0 Å². The summed E-state index contributed by atoms with van der Waals surface area (Å²) in [7, 11) is 0. The molecule has 2 aromatic heterocycles. The van der Waals surface area contributed by atoms with Crippen LogP contribution in [-0.4, -0.2) is 15.2 Å². The van der Waals surface area contributed by atoms with Crippen LogP contribution in [0.4, 0.5) is 0 Å². The van der Waals surface area contributed by atoms with Gasteiger partial charge >= 0.3 is 0 Å². The number of halogens is 1. The molecular weight excluding hydrogens is 278 g/mol. The van der Waals surface area contributed by atoms with Gasteiger partial charge in [0, 0.05) is 16.5 Å². The van der Waals surface area contributed by atoms with E-state index < -0.39 is 0 Å². The van der Waals surface area contributed by atoms with Crippen molar-refractivity contribution in [2.24, 2.45) is 0 Å². The van der Waals surface area contributed by atoms with Gasteiger partial charge < -0.3 is 4.98 Å². The molecule has 20 heavy (non-hydrogen) atoms. The summed E-state index contributed by atoms with van der Waals surface area (Å²) in [6.45, 7) is 1.77. The zero-order valence-electron chi connectivity index (χ0n) is 10.5. The molecule has 2 N–H and O–H groups in total. The molecule has 0 saturated carbocycles. The van der Waals surface area contributed by atoms with E-state index in [1.54, 1.807) is 31.2 Å².